The second-order valence-electron chi connectivity index (χ2n) is 7.58. The van der Waals surface area contributed by atoms with Crippen molar-refractivity contribution in [2.45, 2.75) is 26.2 Å². The van der Waals surface area contributed by atoms with Gasteiger partial charge in [0.1, 0.15) is 0 Å². The van der Waals surface area contributed by atoms with Gasteiger partial charge in [-0.05, 0) is 73.7 Å². The molecule has 0 radical (unpaired) electrons. The van der Waals surface area contributed by atoms with E-state index in [-0.39, 0.29) is 5.91 Å². The molecule has 148 valence electrons. The number of benzene rings is 2. The van der Waals surface area contributed by atoms with Gasteiger partial charge in [-0.2, -0.15) is 0 Å². The highest BCUT2D eigenvalue weighted by Gasteiger charge is 2.26. The van der Waals surface area contributed by atoms with E-state index in [9.17, 15) is 13.2 Å². The van der Waals surface area contributed by atoms with E-state index in [2.05, 4.69) is 23.2 Å². The predicted octanol–water partition coefficient (Wildman–Crippen LogP) is 3.17. The molecule has 0 aliphatic carbocycles. The van der Waals surface area contributed by atoms with Crippen molar-refractivity contribution < 1.29 is 13.2 Å². The molecule has 7 heteroatoms. The van der Waals surface area contributed by atoms with Crippen LogP contribution in [0.2, 0.25) is 0 Å². The van der Waals surface area contributed by atoms with E-state index in [0.717, 1.165) is 29.9 Å². The molecule has 0 spiro atoms. The van der Waals surface area contributed by atoms with Gasteiger partial charge in [0.2, 0.25) is 10.0 Å². The van der Waals surface area contributed by atoms with Crippen molar-refractivity contribution in [2.75, 3.05) is 40.4 Å². The molecule has 1 fully saturated rings. The van der Waals surface area contributed by atoms with Crippen LogP contribution in [0, 0.1) is 6.92 Å². The number of nitrogens with one attached hydrogen (secondary N) is 1. The lowest BCUT2D eigenvalue weighted by Crippen LogP contribution is -2.27. The van der Waals surface area contributed by atoms with Gasteiger partial charge in [0.05, 0.1) is 11.9 Å². The second-order valence-corrected chi connectivity index (χ2v) is 9.48. The van der Waals surface area contributed by atoms with Crippen LogP contribution < -0.4 is 14.5 Å². The maximum atomic E-state index is 12.7. The van der Waals surface area contributed by atoms with Crippen molar-refractivity contribution in [2.24, 2.45) is 0 Å². The number of carbonyl (C=O) groups excluding carboxylic acids is 1. The molecule has 0 unspecified atom stereocenters. The van der Waals surface area contributed by atoms with Crippen molar-refractivity contribution >= 4 is 33.0 Å². The summed E-state index contributed by atoms with van der Waals surface area (Å²) < 4.78 is 25.1. The van der Waals surface area contributed by atoms with Crippen molar-refractivity contribution in [3.63, 3.8) is 0 Å². The van der Waals surface area contributed by atoms with Gasteiger partial charge in [0.15, 0.2) is 0 Å². The summed E-state index contributed by atoms with van der Waals surface area (Å²) >= 11 is 0. The summed E-state index contributed by atoms with van der Waals surface area (Å²) in [7, 11) is -3.28. The van der Waals surface area contributed by atoms with Gasteiger partial charge in [-0.3, -0.25) is 9.10 Å². The van der Waals surface area contributed by atoms with Crippen LogP contribution in [0.3, 0.4) is 0 Å². The highest BCUT2D eigenvalue weighted by Crippen LogP contribution is 2.31. The number of amides is 1. The minimum absolute atomic E-state index is 0.186. The van der Waals surface area contributed by atoms with Crippen LogP contribution in [0.25, 0.3) is 0 Å². The van der Waals surface area contributed by atoms with E-state index in [1.807, 2.05) is 12.1 Å². The van der Waals surface area contributed by atoms with Crippen LogP contribution in [0.1, 0.15) is 34.3 Å². The van der Waals surface area contributed by atoms with E-state index in [4.69, 9.17) is 0 Å². The Labute approximate surface area is 166 Å². The minimum Gasteiger partial charge on any atom is -0.371 e. The van der Waals surface area contributed by atoms with Crippen molar-refractivity contribution in [3.05, 3.63) is 53.1 Å². The van der Waals surface area contributed by atoms with Crippen molar-refractivity contribution in [3.8, 4) is 0 Å². The number of rotatable bonds is 4. The predicted molar refractivity (Wildman–Crippen MR) is 113 cm³/mol. The topological polar surface area (TPSA) is 69.7 Å². The number of aryl methyl sites for hydroxylation is 1. The summed E-state index contributed by atoms with van der Waals surface area (Å²) in [5.41, 5.74) is 5.24. The molecular weight excluding hydrogens is 374 g/mol. The van der Waals surface area contributed by atoms with Gasteiger partial charge in [0, 0.05) is 36.6 Å². The van der Waals surface area contributed by atoms with E-state index < -0.39 is 10.0 Å². The Kier molecular flexibility index (Phi) is 4.79. The zero-order valence-electron chi connectivity index (χ0n) is 16.2. The average Bonchev–Trinajstić information content (AvgIpc) is 3.30. The highest BCUT2D eigenvalue weighted by atomic mass is 32.2. The Morgan fingerprint density at radius 3 is 2.39 bits per heavy atom. The number of sulfonamides is 1. The first-order chi connectivity index (χ1) is 13.3. The third kappa shape index (κ3) is 3.58. The second kappa shape index (κ2) is 7.13. The molecule has 2 aromatic carbocycles. The van der Waals surface area contributed by atoms with Crippen molar-refractivity contribution in [1.29, 1.82) is 0 Å². The lowest BCUT2D eigenvalue weighted by Gasteiger charge is -2.20. The summed E-state index contributed by atoms with van der Waals surface area (Å²) in [6.07, 6.45) is 4.28. The molecule has 1 amide bonds. The normalized spacial score (nSPS) is 16.4. The fourth-order valence-corrected chi connectivity index (χ4v) is 5.06. The molecular formula is C21H25N3O3S. The number of nitrogens with zero attached hydrogens (tertiary/aromatic N) is 2. The van der Waals surface area contributed by atoms with E-state index >= 15 is 0 Å². The quantitative estimate of drug-likeness (QED) is 0.857. The maximum absolute atomic E-state index is 12.7. The molecule has 0 saturated carbocycles. The molecule has 0 atom stereocenters. The molecule has 28 heavy (non-hydrogen) atoms. The Morgan fingerprint density at radius 2 is 1.71 bits per heavy atom. The number of fused-ring (bicyclic) bond motifs is 1. The molecule has 0 bridgehead atoms. The molecule has 6 nitrogen and oxygen atoms in total. The van der Waals surface area contributed by atoms with Crippen LogP contribution in [-0.4, -0.2) is 40.2 Å². The van der Waals surface area contributed by atoms with Crippen LogP contribution in [-0.2, 0) is 16.4 Å². The highest BCUT2D eigenvalue weighted by molar-refractivity contribution is 7.92. The number of carbonyl (C=O) groups is 1. The zero-order chi connectivity index (χ0) is 19.9. The molecule has 1 saturated heterocycles. The third-order valence-electron chi connectivity index (χ3n) is 5.50. The van der Waals surface area contributed by atoms with E-state index in [0.29, 0.717) is 24.2 Å². The van der Waals surface area contributed by atoms with Crippen LogP contribution >= 0.6 is 0 Å². The van der Waals surface area contributed by atoms with Gasteiger partial charge in [-0.25, -0.2) is 8.42 Å². The molecule has 1 N–H and O–H groups in total. The largest absolute Gasteiger partial charge is 0.371 e. The van der Waals surface area contributed by atoms with Gasteiger partial charge in [-0.15, -0.1) is 0 Å². The molecule has 2 aliphatic rings. The van der Waals surface area contributed by atoms with Gasteiger partial charge in [0.25, 0.3) is 5.91 Å². The Morgan fingerprint density at radius 1 is 1.00 bits per heavy atom. The maximum Gasteiger partial charge on any atom is 0.255 e. The SMILES string of the molecule is Cc1cc(NC(=O)c2ccc3c(c2)CCN3S(C)(=O)=O)ccc1N1CCCC1. The summed E-state index contributed by atoms with van der Waals surface area (Å²) in [5.74, 6) is -0.186. The summed E-state index contributed by atoms with van der Waals surface area (Å²) in [4.78, 5) is 15.1. The Balaban J connectivity index is 1.51. The van der Waals surface area contributed by atoms with Crippen LogP contribution in [0.15, 0.2) is 36.4 Å². The monoisotopic (exact) mass is 399 g/mol. The smallest absolute Gasteiger partial charge is 0.255 e. The molecule has 2 heterocycles. The number of hydrogen-bond acceptors (Lipinski definition) is 4. The van der Waals surface area contributed by atoms with E-state index in [1.54, 1.807) is 18.2 Å². The molecule has 0 aromatic heterocycles. The number of anilines is 3. The molecule has 2 aromatic rings. The minimum atomic E-state index is -3.28. The van der Waals surface area contributed by atoms with Crippen LogP contribution in [0.4, 0.5) is 17.1 Å². The van der Waals surface area contributed by atoms with Crippen molar-refractivity contribution in [1.82, 2.24) is 0 Å². The fourth-order valence-electron chi connectivity index (χ4n) is 4.11. The Hall–Kier alpha value is -2.54. The van der Waals surface area contributed by atoms with Gasteiger partial charge in [-0.1, -0.05) is 0 Å². The summed E-state index contributed by atoms with van der Waals surface area (Å²) in [6, 6.07) is 11.2. The summed E-state index contributed by atoms with van der Waals surface area (Å²) in [5, 5.41) is 2.96. The lowest BCUT2D eigenvalue weighted by atomic mass is 10.1. The average molecular weight is 400 g/mol. The van der Waals surface area contributed by atoms with Gasteiger partial charge < -0.3 is 10.2 Å². The lowest BCUT2D eigenvalue weighted by molar-refractivity contribution is 0.102. The van der Waals surface area contributed by atoms with Gasteiger partial charge >= 0.3 is 0 Å². The molecule has 2 aliphatic heterocycles. The Bertz CT molecular complexity index is 1030. The number of hydrogen-bond donors (Lipinski definition) is 1. The zero-order valence-corrected chi connectivity index (χ0v) is 17.1. The summed E-state index contributed by atoms with van der Waals surface area (Å²) in [6.45, 7) is 4.67. The van der Waals surface area contributed by atoms with Crippen LogP contribution in [0.5, 0.6) is 0 Å². The first-order valence-electron chi connectivity index (χ1n) is 9.60. The fraction of sp³-hybridized carbons (Fsp3) is 0.381. The first kappa shape index (κ1) is 18.8. The standard InChI is InChI=1S/C21H25N3O3S/c1-15-13-18(6-8-19(15)23-10-3-4-11-23)22-21(25)17-5-7-20-16(14-17)9-12-24(20)28(2,26)27/h5-8,13-14H,3-4,9-12H2,1-2H3,(H,22,25). The third-order valence-corrected chi connectivity index (χ3v) is 6.68. The molecule has 4 rings (SSSR count). The first-order valence-corrected chi connectivity index (χ1v) is 11.5. The van der Waals surface area contributed by atoms with E-state index in [1.165, 1.54) is 29.1 Å².